The number of H-pyrrole nitrogens is 1. The molecule has 0 amide bonds. The molecule has 2 unspecified atom stereocenters. The first-order valence-electron chi connectivity index (χ1n) is 10.4. The number of aromatic amines is 1. The molecule has 0 aromatic carbocycles. The van der Waals surface area contributed by atoms with Crippen LogP contribution in [0.15, 0.2) is 21.9 Å². The van der Waals surface area contributed by atoms with Crippen LogP contribution >= 0.6 is 15.6 Å². The van der Waals surface area contributed by atoms with Crippen LogP contribution in [0.25, 0.3) is 0 Å². The summed E-state index contributed by atoms with van der Waals surface area (Å²) in [4.78, 5) is 49.1. The number of aliphatic hydroxyl groups is 6. The van der Waals surface area contributed by atoms with Crippen molar-refractivity contribution in [3.63, 3.8) is 0 Å². The van der Waals surface area contributed by atoms with E-state index in [0.717, 1.165) is 19.2 Å². The van der Waals surface area contributed by atoms with Gasteiger partial charge >= 0.3 is 64.8 Å². The van der Waals surface area contributed by atoms with Gasteiger partial charge < -0.3 is 54.4 Å². The van der Waals surface area contributed by atoms with Gasteiger partial charge in [0.1, 0.15) is 42.7 Å². The molecule has 0 radical (unpaired) electrons. The largest absolute Gasteiger partial charge is 1.00 e. The molecule has 2 aliphatic heterocycles. The Morgan fingerprint density at radius 1 is 1.00 bits per heavy atom. The zero-order valence-corrected chi connectivity index (χ0v) is 26.4. The Kier molecular flexibility index (Phi) is 14.4. The van der Waals surface area contributed by atoms with Gasteiger partial charge in [-0.1, -0.05) is 0 Å². The van der Waals surface area contributed by atoms with Gasteiger partial charge in [0.05, 0.1) is 12.7 Å². The molecule has 0 spiro atoms. The molecular weight excluding hydrogens is 600 g/mol. The van der Waals surface area contributed by atoms with Gasteiger partial charge in [-0.15, -0.1) is 0 Å². The van der Waals surface area contributed by atoms with Crippen LogP contribution in [-0.4, -0.2) is 102 Å². The van der Waals surface area contributed by atoms with Gasteiger partial charge in [0.15, 0.2) is 12.5 Å². The van der Waals surface area contributed by atoms with Gasteiger partial charge in [-0.25, -0.2) is 9.11 Å². The number of aliphatic hydroxyl groups excluding tert-OH is 6. The first-order chi connectivity index (χ1) is 17.0. The van der Waals surface area contributed by atoms with E-state index < -0.39 is 94.9 Å². The van der Waals surface area contributed by atoms with Crippen molar-refractivity contribution in [3.8, 4) is 0 Å². The van der Waals surface area contributed by atoms with E-state index in [-0.39, 0.29) is 59.1 Å². The smallest absolute Gasteiger partial charge is 0.756 e. The van der Waals surface area contributed by atoms with Crippen LogP contribution in [0, 0.1) is 0 Å². The third-order valence-electron chi connectivity index (χ3n) is 5.37. The number of phosphoric ester groups is 2. The summed E-state index contributed by atoms with van der Waals surface area (Å²) in [6.07, 6.45) is -17.4. The van der Waals surface area contributed by atoms with Gasteiger partial charge in [-0.3, -0.25) is 28.0 Å². The molecule has 2 saturated heterocycles. The summed E-state index contributed by atoms with van der Waals surface area (Å²) in [7, 11) is -11.7. The molecule has 19 nitrogen and oxygen atoms in total. The van der Waals surface area contributed by atoms with Crippen molar-refractivity contribution < 1.29 is 132 Å². The van der Waals surface area contributed by atoms with E-state index in [2.05, 4.69) is 13.4 Å². The number of nitrogens with zero attached hydrogens (tertiary/aromatic N) is 1. The standard InChI is InChI=1S/C16H26N2O17P2.2Na/c1-5(19)13-10(23)9(22)12(25)15(33-13)34-37(29,30)35-36(27,28)31-4-6-8(21)11(24)14(32-6)18-3-2-7(20)17-16(18)26;;/h2-3,5-6,8-15,19,21-25H,4H2,1H3,(H,27,28)(H,29,30)(H,17,20,26);;/q;2*+1/p-2/t5-,6-,8-,9+,10+,11-,12-,13-,14-,15-;;/m1../s1. The second-order valence-electron chi connectivity index (χ2n) is 8.12. The fraction of sp³-hybridized carbons (Fsp3) is 0.750. The molecule has 23 heteroatoms. The molecule has 0 saturated carbocycles. The molecule has 3 heterocycles. The average Bonchev–Trinajstić information content (AvgIpc) is 3.05. The summed E-state index contributed by atoms with van der Waals surface area (Å²) in [5.74, 6) is 0. The number of hydrogen-bond donors (Lipinski definition) is 7. The zero-order valence-electron chi connectivity index (χ0n) is 20.7. The molecule has 3 rings (SSSR count). The van der Waals surface area contributed by atoms with Crippen LogP contribution in [-0.2, 0) is 32.0 Å². The van der Waals surface area contributed by atoms with E-state index in [1.54, 1.807) is 0 Å². The summed E-state index contributed by atoms with van der Waals surface area (Å²) in [5.41, 5.74) is -1.78. The minimum atomic E-state index is -5.92. The van der Waals surface area contributed by atoms with Crippen LogP contribution in [0.4, 0.5) is 0 Å². The molecular formula is C16H24N2Na2O17P2. The summed E-state index contributed by atoms with van der Waals surface area (Å²) < 4.78 is 47.5. The van der Waals surface area contributed by atoms with Crippen LogP contribution in [0.5, 0.6) is 0 Å². The zero-order chi connectivity index (χ0) is 27.9. The maximum atomic E-state index is 12.1. The fourth-order valence-corrected chi connectivity index (χ4v) is 5.62. The van der Waals surface area contributed by atoms with Crippen molar-refractivity contribution in [1.82, 2.24) is 9.55 Å². The Balaban J connectivity index is 0.00000380. The van der Waals surface area contributed by atoms with Crippen LogP contribution in [0.1, 0.15) is 13.2 Å². The predicted molar refractivity (Wildman–Crippen MR) is 109 cm³/mol. The Labute approximate surface area is 263 Å². The monoisotopic (exact) mass is 624 g/mol. The Morgan fingerprint density at radius 2 is 1.62 bits per heavy atom. The number of phosphoric acid groups is 2. The van der Waals surface area contributed by atoms with Crippen molar-refractivity contribution in [1.29, 1.82) is 0 Å². The molecule has 39 heavy (non-hydrogen) atoms. The number of aromatic nitrogens is 2. The van der Waals surface area contributed by atoms with E-state index in [9.17, 15) is 59.1 Å². The molecule has 212 valence electrons. The summed E-state index contributed by atoms with van der Waals surface area (Å²) in [5, 5.41) is 59.3. The SMILES string of the molecule is C[C@@H](O)[C@H]1O[C@H](OP(=O)([O-])OP(=O)([O-])OC[C@H]2O[C@@H](n3ccc(=O)[nH]c3=O)[C@H](O)[C@@H]2O)[C@H](O)[C@@H](O)[C@@H]1O.[Na+].[Na+]. The maximum absolute atomic E-state index is 12.1. The Morgan fingerprint density at radius 3 is 2.18 bits per heavy atom. The summed E-state index contributed by atoms with van der Waals surface area (Å²) in [6, 6.07) is 0.912. The third-order valence-corrected chi connectivity index (χ3v) is 7.91. The second kappa shape index (κ2) is 14.9. The topological polar surface area (TPSA) is 303 Å². The van der Waals surface area contributed by atoms with Crippen LogP contribution in [0.3, 0.4) is 0 Å². The molecule has 0 aliphatic carbocycles. The van der Waals surface area contributed by atoms with Crippen molar-refractivity contribution in [2.75, 3.05) is 6.61 Å². The molecule has 0 bridgehead atoms. The number of hydrogen-bond acceptors (Lipinski definition) is 17. The van der Waals surface area contributed by atoms with E-state index in [4.69, 9.17) is 9.47 Å². The van der Waals surface area contributed by atoms with Gasteiger partial charge in [0.25, 0.3) is 21.2 Å². The molecule has 1 aromatic rings. The quantitative estimate of drug-likeness (QED) is 0.0991. The van der Waals surface area contributed by atoms with Crippen molar-refractivity contribution in [2.45, 2.75) is 68.3 Å². The molecule has 1 aromatic heterocycles. The average molecular weight is 624 g/mol. The molecule has 2 aliphatic rings. The normalized spacial score (nSPS) is 36.6. The number of ether oxygens (including phenoxy) is 2. The summed E-state index contributed by atoms with van der Waals surface area (Å²) in [6.45, 7) is -0.0119. The van der Waals surface area contributed by atoms with Crippen molar-refractivity contribution in [2.24, 2.45) is 0 Å². The first kappa shape index (κ1) is 37.6. The Bertz CT molecular complexity index is 1170. The van der Waals surface area contributed by atoms with Gasteiger partial charge in [-0.05, 0) is 6.92 Å². The van der Waals surface area contributed by atoms with E-state index >= 15 is 0 Å². The van der Waals surface area contributed by atoms with Gasteiger partial charge in [0.2, 0.25) is 0 Å². The predicted octanol–water partition coefficient (Wildman–Crippen LogP) is -11.7. The fourth-order valence-electron chi connectivity index (χ4n) is 3.54. The van der Waals surface area contributed by atoms with E-state index in [1.807, 2.05) is 4.98 Å². The van der Waals surface area contributed by atoms with Crippen LogP contribution in [0.2, 0.25) is 0 Å². The summed E-state index contributed by atoms with van der Waals surface area (Å²) >= 11 is 0. The molecule has 12 atom stereocenters. The Hall–Kier alpha value is 0.620. The van der Waals surface area contributed by atoms with Gasteiger partial charge in [0, 0.05) is 12.3 Å². The number of rotatable bonds is 9. The first-order valence-corrected chi connectivity index (χ1v) is 13.3. The van der Waals surface area contributed by atoms with E-state index in [0.29, 0.717) is 4.57 Å². The van der Waals surface area contributed by atoms with Crippen molar-refractivity contribution >= 4 is 15.6 Å². The maximum Gasteiger partial charge on any atom is 1.00 e. The van der Waals surface area contributed by atoms with E-state index in [1.165, 1.54) is 0 Å². The number of nitrogens with one attached hydrogen (secondary N) is 1. The van der Waals surface area contributed by atoms with Crippen LogP contribution < -0.4 is 80.2 Å². The molecule has 7 N–H and O–H groups in total. The van der Waals surface area contributed by atoms with Crippen molar-refractivity contribution in [3.05, 3.63) is 33.1 Å². The second-order valence-corrected chi connectivity index (χ2v) is 11.0. The third kappa shape index (κ3) is 9.30. The minimum absolute atomic E-state index is 0. The van der Waals surface area contributed by atoms with Gasteiger partial charge in [-0.2, -0.15) is 0 Å². The molecule has 2 fully saturated rings. The minimum Gasteiger partial charge on any atom is -0.756 e.